The van der Waals surface area contributed by atoms with Gasteiger partial charge in [0, 0.05) is 63.2 Å². The molecule has 4 aliphatic heterocycles. The maximum absolute atomic E-state index is 14.9. The van der Waals surface area contributed by atoms with Gasteiger partial charge in [0.25, 0.3) is 0 Å². The molecule has 27 heteroatoms. The van der Waals surface area contributed by atoms with Crippen molar-refractivity contribution in [2.45, 2.75) is 209 Å². The maximum Gasteiger partial charge on any atom is 0.490 e. The minimum absolute atomic E-state index is 0.118. The van der Waals surface area contributed by atoms with Gasteiger partial charge < -0.3 is 57.4 Å². The Hall–Kier alpha value is -9.70. The number of carboxylic acids is 1. The first-order valence-electron chi connectivity index (χ1n) is 37.8. The van der Waals surface area contributed by atoms with Crippen molar-refractivity contribution < 1.29 is 51.8 Å². The van der Waals surface area contributed by atoms with E-state index in [1.54, 1.807) is 23.9 Å². The molecule has 6 amide bonds. The Bertz CT molecular complexity index is 3740. The summed E-state index contributed by atoms with van der Waals surface area (Å²) in [6, 6.07) is 43.3. The van der Waals surface area contributed by atoms with Crippen molar-refractivity contribution in [2.75, 3.05) is 27.2 Å². The highest BCUT2D eigenvalue weighted by atomic mass is 19.4. The van der Waals surface area contributed by atoms with Crippen molar-refractivity contribution in [3.8, 4) is 0 Å². The van der Waals surface area contributed by atoms with Gasteiger partial charge in [-0.25, -0.2) is 4.79 Å². The van der Waals surface area contributed by atoms with Crippen LogP contribution in [0.25, 0.3) is 0 Å². The van der Waals surface area contributed by atoms with E-state index in [0.717, 1.165) is 86.5 Å². The van der Waals surface area contributed by atoms with Crippen molar-refractivity contribution in [3.63, 3.8) is 0 Å². The maximum atomic E-state index is 14.9. The van der Waals surface area contributed by atoms with E-state index in [2.05, 4.69) is 112 Å². The largest absolute Gasteiger partial charge is 0.490 e. The molecular formula is C80H103F3N16O8. The third-order valence-corrected chi connectivity index (χ3v) is 21.2. The van der Waals surface area contributed by atoms with Crippen LogP contribution >= 0.6 is 0 Å². The van der Waals surface area contributed by atoms with Crippen molar-refractivity contribution in [2.24, 2.45) is 11.8 Å². The number of nitrogens with one attached hydrogen (secondary N) is 8. The lowest BCUT2D eigenvalue weighted by atomic mass is 9.92. The highest BCUT2D eigenvalue weighted by Crippen LogP contribution is 2.37. The summed E-state index contributed by atoms with van der Waals surface area (Å²) in [4.78, 5) is 98.9. The van der Waals surface area contributed by atoms with Crippen LogP contribution in [0.3, 0.4) is 0 Å². The fourth-order valence-electron chi connectivity index (χ4n) is 15.3. The van der Waals surface area contributed by atoms with Crippen LogP contribution in [-0.4, -0.2) is 168 Å². The number of alkyl halides is 3. The average Bonchev–Trinajstić information content (AvgIpc) is 1.64. The molecule has 0 spiro atoms. The molecule has 24 nitrogen and oxygen atoms in total. The first-order valence-corrected chi connectivity index (χ1v) is 37.8. The van der Waals surface area contributed by atoms with Gasteiger partial charge in [0.05, 0.1) is 36.6 Å². The Morgan fingerprint density at radius 1 is 0.495 bits per heavy atom. The van der Waals surface area contributed by atoms with Gasteiger partial charge in [-0.05, 0) is 150 Å². The lowest BCUT2D eigenvalue weighted by molar-refractivity contribution is -0.192. The number of nitrogens with zero attached hydrogens (tertiary/aromatic N) is 8. The van der Waals surface area contributed by atoms with E-state index in [9.17, 15) is 41.9 Å². The molecule has 4 aliphatic rings. The third kappa shape index (κ3) is 21.8. The SMILES string of the molecule is CC[C@H](NC)C(=O)N[C@@H]1C(=O)N2[C@@H](CC[C@@H]1CNCc1ccccc1)CC[C@H]2C(=O)N[C@@H](c1ccccc1)c1cn(CCCCc2ccc(CCCCn3cc([C@@H](NC(=O)[C@@H]4CC[C@@H]5CC[C@H](CNCc6ccccc6)[C@H](NC(=O)[C@H](CC)NC)C(=O)N54)c4ccccc4)nn3)cc2)nn1.O=C(O)C(F)(F)F. The van der Waals surface area contributed by atoms with Gasteiger partial charge in [-0.15, -0.1) is 10.2 Å². The summed E-state index contributed by atoms with van der Waals surface area (Å²) >= 11 is 0. The van der Waals surface area contributed by atoms with Crippen LogP contribution in [0.4, 0.5) is 13.2 Å². The monoisotopic (exact) mass is 1470 g/mol. The molecule has 4 saturated heterocycles. The summed E-state index contributed by atoms with van der Waals surface area (Å²) in [7, 11) is 3.50. The van der Waals surface area contributed by atoms with Gasteiger partial charge in [-0.2, -0.15) is 13.2 Å². The highest BCUT2D eigenvalue weighted by Gasteiger charge is 2.50. The van der Waals surface area contributed by atoms with Crippen LogP contribution in [0, 0.1) is 11.8 Å². The van der Waals surface area contributed by atoms with Crippen molar-refractivity contribution in [1.29, 1.82) is 0 Å². The predicted molar refractivity (Wildman–Crippen MR) is 398 cm³/mol. The molecular weight excluding hydrogens is 1370 g/mol. The fraction of sp³-hybridized carbons (Fsp3) is 0.487. The number of fused-ring (bicyclic) bond motifs is 2. The van der Waals surface area contributed by atoms with Gasteiger partial charge in [0.1, 0.15) is 35.6 Å². The summed E-state index contributed by atoms with van der Waals surface area (Å²) in [5.41, 5.74) is 7.74. The number of carboxylic acid groups (broad SMARTS) is 1. The minimum atomic E-state index is -5.08. The van der Waals surface area contributed by atoms with Gasteiger partial charge >= 0.3 is 12.1 Å². The Balaban J connectivity index is 0.00000166. The van der Waals surface area contributed by atoms with Crippen LogP contribution in [0.1, 0.15) is 161 Å². The third-order valence-electron chi connectivity index (χ3n) is 21.2. The van der Waals surface area contributed by atoms with Crippen LogP contribution in [0.15, 0.2) is 158 Å². The van der Waals surface area contributed by atoms with Crippen molar-refractivity contribution in [1.82, 2.24) is 82.3 Å². The zero-order chi connectivity index (χ0) is 75.8. The summed E-state index contributed by atoms with van der Waals surface area (Å²) in [6.07, 6.45) is 10.7. The minimum Gasteiger partial charge on any atom is -0.475 e. The van der Waals surface area contributed by atoms with E-state index >= 15 is 0 Å². The summed E-state index contributed by atoms with van der Waals surface area (Å²) in [5, 5.41) is 51.6. The summed E-state index contributed by atoms with van der Waals surface area (Å²) in [6.45, 7) is 7.54. The second kappa shape index (κ2) is 39.2. The molecule has 0 saturated carbocycles. The second-order valence-electron chi connectivity index (χ2n) is 28.4. The number of halogens is 3. The first kappa shape index (κ1) is 79.9. The number of amides is 6. The van der Waals surface area contributed by atoms with Gasteiger partial charge in [-0.1, -0.05) is 170 Å². The number of rotatable bonds is 34. The molecule has 7 aromatic rings. The number of hydrogen-bond donors (Lipinski definition) is 9. The Kier molecular flexibility index (Phi) is 29.3. The van der Waals surface area contributed by atoms with E-state index < -0.39 is 60.5 Å². The zero-order valence-corrected chi connectivity index (χ0v) is 61.5. The number of unbranched alkanes of at least 4 members (excludes halogenated alkanes) is 2. The van der Waals surface area contributed by atoms with E-state index in [1.165, 1.54) is 11.1 Å². The molecule has 0 aliphatic carbocycles. The molecule has 9 N–H and O–H groups in total. The lowest BCUT2D eigenvalue weighted by Crippen LogP contribution is -2.59. The number of hydrogen-bond acceptors (Lipinski definition) is 15. The van der Waals surface area contributed by atoms with E-state index in [4.69, 9.17) is 9.90 Å². The van der Waals surface area contributed by atoms with E-state index in [1.807, 2.05) is 133 Å². The van der Waals surface area contributed by atoms with Gasteiger partial charge in [0.15, 0.2) is 0 Å². The van der Waals surface area contributed by atoms with Crippen LogP contribution in [-0.2, 0) is 72.6 Å². The average molecular weight is 1470 g/mol. The van der Waals surface area contributed by atoms with E-state index in [-0.39, 0.29) is 59.4 Å². The number of carbonyl (C=O) groups excluding carboxylic acids is 6. The molecule has 0 radical (unpaired) electrons. The Morgan fingerprint density at radius 3 is 1.20 bits per heavy atom. The van der Waals surface area contributed by atoms with Crippen LogP contribution < -0.4 is 42.5 Å². The van der Waals surface area contributed by atoms with Crippen molar-refractivity contribution >= 4 is 41.4 Å². The summed E-state index contributed by atoms with van der Waals surface area (Å²) < 4.78 is 35.4. The normalized spacial score (nSPS) is 21.1. The molecule has 6 heterocycles. The molecule has 0 unspecified atom stereocenters. The smallest absolute Gasteiger partial charge is 0.475 e. The summed E-state index contributed by atoms with van der Waals surface area (Å²) in [5.74, 6) is -4.46. The van der Waals surface area contributed by atoms with Crippen LogP contribution in [0.5, 0.6) is 0 Å². The van der Waals surface area contributed by atoms with Crippen molar-refractivity contribution in [3.05, 3.63) is 203 Å². The Morgan fingerprint density at radius 2 is 0.850 bits per heavy atom. The number of aromatic nitrogens is 6. The number of benzene rings is 5. The molecule has 107 heavy (non-hydrogen) atoms. The number of aryl methyl sites for hydroxylation is 4. The fourth-order valence-corrected chi connectivity index (χ4v) is 15.3. The molecule has 11 rings (SSSR count). The number of aliphatic carboxylic acids is 1. The number of likely N-dealkylation sites (N-methyl/N-ethyl adjacent to an activating group) is 2. The second-order valence-corrected chi connectivity index (χ2v) is 28.4. The molecule has 5 aromatic carbocycles. The highest BCUT2D eigenvalue weighted by molar-refractivity contribution is 5.95. The molecule has 0 bridgehead atoms. The van der Waals surface area contributed by atoms with E-state index in [0.29, 0.717) is 89.2 Å². The standard InChI is InChI=1S/C78H102N16O6.C2HF3O2/c1-5-63(79-3)73(95)85-71-59(49-81-47-55-25-11-7-12-26-55)37-39-61-41-43-67(93(61)77(71)99)75(97)83-69(57-29-15-9-16-30-57)65-51-91(89-87-65)45-21-19-23-53-33-35-54(36-34-53)24-20-22-46-92-52-66(88-90-92)70(58-31-17-10-18-32-58)84-76(98)68-44-42-62-40-38-60(50-82-48-56-27-13-8-14-28-56)72(78(100)94(62)68)86-74(96)64(6-2)80-4;3-2(4,5)1(6)7/h7-18,25-36,51-52,59-64,67-72,79-82H,5-6,19-24,37-50H2,1-4H3,(H,83,97)(H,84,98)(H,85,95)(H,86,96);(H,6,7)/t59-,60-,61+,62+,63+,64+,67+,68+,69+,70+,71+,72+;/m1./s1. The quantitative estimate of drug-likeness (QED) is 0.0172. The van der Waals surface area contributed by atoms with Gasteiger partial charge in [0.2, 0.25) is 35.4 Å². The topological polar surface area (TPSA) is 304 Å². The first-order chi connectivity index (χ1) is 51.8. The Labute approximate surface area is 623 Å². The molecule has 4 fully saturated rings. The number of carbonyl (C=O) groups is 7. The predicted octanol–water partition coefficient (Wildman–Crippen LogP) is 8.04. The van der Waals surface area contributed by atoms with Gasteiger partial charge in [-0.3, -0.25) is 38.1 Å². The molecule has 572 valence electrons. The van der Waals surface area contributed by atoms with Crippen LogP contribution in [0.2, 0.25) is 0 Å². The zero-order valence-electron chi connectivity index (χ0n) is 61.5. The molecule has 12 atom stereocenters. The lowest BCUT2D eigenvalue weighted by Gasteiger charge is -2.33. The molecule has 2 aromatic heterocycles.